The molecule has 0 amide bonds. The molecule has 16 heavy (non-hydrogen) atoms. The molecule has 2 aliphatic carbocycles. The maximum absolute atomic E-state index is 10.2. The van der Waals surface area contributed by atoms with Crippen molar-refractivity contribution >= 4 is 0 Å². The number of hydrogen-bond acceptors (Lipinski definition) is 1. The minimum absolute atomic E-state index is 0.121. The average molecular weight is 220 g/mol. The van der Waals surface area contributed by atoms with Gasteiger partial charge in [-0.15, -0.1) is 0 Å². The molecule has 90 valence electrons. The first kappa shape index (κ1) is 11.9. The van der Waals surface area contributed by atoms with E-state index in [2.05, 4.69) is 25.2 Å². The molecule has 0 spiro atoms. The molecule has 0 bridgehead atoms. The van der Waals surface area contributed by atoms with Crippen LogP contribution in [0.1, 0.15) is 58.3 Å². The zero-order valence-electron chi connectivity index (χ0n) is 10.4. The highest BCUT2D eigenvalue weighted by atomic mass is 16.3. The van der Waals surface area contributed by atoms with Crippen LogP contribution in [0.25, 0.3) is 0 Å². The van der Waals surface area contributed by atoms with Crippen molar-refractivity contribution in [3.05, 3.63) is 23.8 Å². The quantitative estimate of drug-likeness (QED) is 0.743. The first-order valence-corrected chi connectivity index (χ1v) is 6.80. The Kier molecular flexibility index (Phi) is 3.86. The van der Waals surface area contributed by atoms with Crippen molar-refractivity contribution in [1.29, 1.82) is 0 Å². The molecule has 0 saturated heterocycles. The molecule has 1 nitrogen and oxygen atoms in total. The van der Waals surface area contributed by atoms with Gasteiger partial charge in [0, 0.05) is 0 Å². The molecule has 1 unspecified atom stereocenters. The second kappa shape index (κ2) is 5.18. The van der Waals surface area contributed by atoms with Gasteiger partial charge in [0.1, 0.15) is 0 Å². The molecule has 0 radical (unpaired) electrons. The summed E-state index contributed by atoms with van der Waals surface area (Å²) in [5, 5.41) is 10.2. The molecule has 1 atom stereocenters. The van der Waals surface area contributed by atoms with Gasteiger partial charge in [0.05, 0.1) is 6.10 Å². The van der Waals surface area contributed by atoms with E-state index in [1.807, 2.05) is 0 Å². The van der Waals surface area contributed by atoms with Crippen molar-refractivity contribution in [3.63, 3.8) is 0 Å². The van der Waals surface area contributed by atoms with Gasteiger partial charge < -0.3 is 5.11 Å². The number of rotatable bonds is 5. The van der Waals surface area contributed by atoms with Crippen LogP contribution in [0.15, 0.2) is 23.8 Å². The fourth-order valence-corrected chi connectivity index (χ4v) is 3.00. The van der Waals surface area contributed by atoms with Gasteiger partial charge >= 0.3 is 0 Å². The molecule has 1 saturated carbocycles. The lowest BCUT2D eigenvalue weighted by Crippen LogP contribution is -2.40. The number of allylic oxidation sites excluding steroid dienone is 3. The standard InChI is InChI=1S/C15H24O/c1-2-15(11-6-12-15)14(16)10-5-9-13-7-3-4-8-13/h5,7,9,14,16H,2-4,6,8,10-12H2,1H3/b9-5+. The Morgan fingerprint density at radius 1 is 1.44 bits per heavy atom. The van der Waals surface area contributed by atoms with Crippen molar-refractivity contribution < 1.29 is 5.11 Å². The largest absolute Gasteiger partial charge is 0.392 e. The lowest BCUT2D eigenvalue weighted by molar-refractivity contribution is -0.0354. The Morgan fingerprint density at radius 2 is 2.25 bits per heavy atom. The molecule has 0 aromatic heterocycles. The SMILES string of the molecule is CCC1(C(O)C/C=C/C2=CCCC2)CCC1. The Hall–Kier alpha value is -0.560. The van der Waals surface area contributed by atoms with Gasteiger partial charge in [0.25, 0.3) is 0 Å². The summed E-state index contributed by atoms with van der Waals surface area (Å²) in [6.45, 7) is 2.21. The van der Waals surface area contributed by atoms with Gasteiger partial charge in [-0.3, -0.25) is 0 Å². The van der Waals surface area contributed by atoms with Gasteiger partial charge in [-0.1, -0.05) is 37.1 Å². The van der Waals surface area contributed by atoms with Gasteiger partial charge in [0.2, 0.25) is 0 Å². The molecule has 0 heterocycles. The van der Waals surface area contributed by atoms with Crippen LogP contribution in [0, 0.1) is 5.41 Å². The fourth-order valence-electron chi connectivity index (χ4n) is 3.00. The molecule has 1 fully saturated rings. The van der Waals surface area contributed by atoms with Crippen LogP contribution in [-0.4, -0.2) is 11.2 Å². The Morgan fingerprint density at radius 3 is 2.75 bits per heavy atom. The smallest absolute Gasteiger partial charge is 0.0630 e. The monoisotopic (exact) mass is 220 g/mol. The molecule has 2 rings (SSSR count). The van der Waals surface area contributed by atoms with Crippen LogP contribution in [-0.2, 0) is 0 Å². The highest BCUT2D eigenvalue weighted by molar-refractivity contribution is 5.22. The van der Waals surface area contributed by atoms with Gasteiger partial charge in [-0.05, 0) is 50.4 Å². The summed E-state index contributed by atoms with van der Waals surface area (Å²) in [6, 6.07) is 0. The van der Waals surface area contributed by atoms with Crippen LogP contribution in [0.2, 0.25) is 0 Å². The highest BCUT2D eigenvalue weighted by Crippen LogP contribution is 2.47. The van der Waals surface area contributed by atoms with E-state index in [4.69, 9.17) is 0 Å². The Balaban J connectivity index is 1.80. The molecule has 2 aliphatic rings. The van der Waals surface area contributed by atoms with Crippen molar-refractivity contribution in [2.75, 3.05) is 0 Å². The minimum atomic E-state index is -0.121. The van der Waals surface area contributed by atoms with Crippen LogP contribution in [0.3, 0.4) is 0 Å². The van der Waals surface area contributed by atoms with E-state index in [-0.39, 0.29) is 11.5 Å². The predicted molar refractivity (Wildman–Crippen MR) is 68.3 cm³/mol. The molecule has 1 N–H and O–H groups in total. The second-order valence-electron chi connectivity index (χ2n) is 5.39. The van der Waals surface area contributed by atoms with Crippen LogP contribution in [0.4, 0.5) is 0 Å². The topological polar surface area (TPSA) is 20.2 Å². The third-order valence-corrected chi connectivity index (χ3v) is 4.53. The van der Waals surface area contributed by atoms with Crippen molar-refractivity contribution in [2.24, 2.45) is 5.41 Å². The Labute approximate surface area is 99.3 Å². The molecule has 0 aromatic carbocycles. The van der Waals surface area contributed by atoms with E-state index < -0.39 is 0 Å². The number of hydrogen-bond donors (Lipinski definition) is 1. The average Bonchev–Trinajstić information content (AvgIpc) is 2.70. The zero-order chi connectivity index (χ0) is 11.4. The van der Waals surface area contributed by atoms with Crippen LogP contribution >= 0.6 is 0 Å². The summed E-state index contributed by atoms with van der Waals surface area (Å²) in [5.74, 6) is 0. The van der Waals surface area contributed by atoms with E-state index in [1.54, 1.807) is 0 Å². The van der Waals surface area contributed by atoms with Gasteiger partial charge in [0.15, 0.2) is 0 Å². The first-order chi connectivity index (χ1) is 7.77. The van der Waals surface area contributed by atoms with E-state index in [1.165, 1.54) is 44.1 Å². The first-order valence-electron chi connectivity index (χ1n) is 6.80. The molecule has 0 aliphatic heterocycles. The zero-order valence-corrected chi connectivity index (χ0v) is 10.4. The Bertz CT molecular complexity index is 278. The summed E-state index contributed by atoms with van der Waals surface area (Å²) >= 11 is 0. The summed E-state index contributed by atoms with van der Waals surface area (Å²) < 4.78 is 0. The predicted octanol–water partition coefficient (Wildman–Crippen LogP) is 3.98. The molecular weight excluding hydrogens is 196 g/mol. The van der Waals surface area contributed by atoms with Crippen molar-refractivity contribution in [3.8, 4) is 0 Å². The number of aliphatic hydroxyl groups is 1. The van der Waals surface area contributed by atoms with E-state index >= 15 is 0 Å². The van der Waals surface area contributed by atoms with Crippen molar-refractivity contribution in [1.82, 2.24) is 0 Å². The summed E-state index contributed by atoms with van der Waals surface area (Å²) in [6.07, 6.45) is 16.1. The summed E-state index contributed by atoms with van der Waals surface area (Å²) in [5.41, 5.74) is 1.72. The summed E-state index contributed by atoms with van der Waals surface area (Å²) in [7, 11) is 0. The van der Waals surface area contributed by atoms with Gasteiger partial charge in [-0.2, -0.15) is 0 Å². The third kappa shape index (κ3) is 2.40. The highest BCUT2D eigenvalue weighted by Gasteiger charge is 2.40. The molecular formula is C15H24O. The maximum atomic E-state index is 10.2. The van der Waals surface area contributed by atoms with E-state index in [0.717, 1.165) is 12.8 Å². The number of aliphatic hydroxyl groups excluding tert-OH is 1. The maximum Gasteiger partial charge on any atom is 0.0630 e. The van der Waals surface area contributed by atoms with Crippen LogP contribution < -0.4 is 0 Å². The third-order valence-electron chi connectivity index (χ3n) is 4.53. The lowest BCUT2D eigenvalue weighted by Gasteiger charge is -2.45. The second-order valence-corrected chi connectivity index (χ2v) is 5.39. The minimum Gasteiger partial charge on any atom is -0.392 e. The normalized spacial score (nSPS) is 25.5. The van der Waals surface area contributed by atoms with Crippen LogP contribution in [0.5, 0.6) is 0 Å². The van der Waals surface area contributed by atoms with Gasteiger partial charge in [-0.25, -0.2) is 0 Å². The molecule has 0 aromatic rings. The van der Waals surface area contributed by atoms with E-state index in [9.17, 15) is 5.11 Å². The van der Waals surface area contributed by atoms with Crippen molar-refractivity contribution in [2.45, 2.75) is 64.4 Å². The lowest BCUT2D eigenvalue weighted by atomic mass is 9.63. The van der Waals surface area contributed by atoms with E-state index in [0.29, 0.717) is 0 Å². The fraction of sp³-hybridized carbons (Fsp3) is 0.733. The summed E-state index contributed by atoms with van der Waals surface area (Å²) in [4.78, 5) is 0. The molecule has 1 heteroatoms.